The molecule has 0 saturated heterocycles. The quantitative estimate of drug-likeness (QED) is 0.226. The maximum Gasteiger partial charge on any atom is 0.347 e. The molecule has 0 aromatic heterocycles. The Morgan fingerprint density at radius 3 is 2.19 bits per heavy atom. The molecule has 6 heteroatoms. The van der Waals surface area contributed by atoms with Gasteiger partial charge in [-0.25, -0.2) is 4.79 Å². The highest BCUT2D eigenvalue weighted by atomic mass is 16.5. The van der Waals surface area contributed by atoms with Gasteiger partial charge in [0.2, 0.25) is 0 Å². The van der Waals surface area contributed by atoms with Crippen molar-refractivity contribution in [2.24, 2.45) is 0 Å². The molecule has 3 aromatic rings. The third-order valence-corrected chi connectivity index (χ3v) is 4.49. The second-order valence-electron chi connectivity index (χ2n) is 6.43. The lowest BCUT2D eigenvalue weighted by Crippen LogP contribution is -2.10. The van der Waals surface area contributed by atoms with E-state index in [4.69, 9.17) is 18.9 Å². The molecule has 31 heavy (non-hydrogen) atoms. The van der Waals surface area contributed by atoms with Gasteiger partial charge >= 0.3 is 5.97 Å². The molecule has 3 rings (SSSR count). The summed E-state index contributed by atoms with van der Waals surface area (Å²) in [7, 11) is 4.53. The summed E-state index contributed by atoms with van der Waals surface area (Å²) < 4.78 is 21.1. The molecule has 158 valence electrons. The molecule has 0 heterocycles. The Bertz CT molecular complexity index is 1120. The summed E-state index contributed by atoms with van der Waals surface area (Å²) >= 11 is 0. The standard InChI is InChI=1S/C25H22O6/c1-28-18-12-14-24(30-3)21(16-18)22(26)13-11-17-7-6-8-19(15-17)31-25(27)20-9-4-5-10-23(20)29-2/h4-16H,1-3H3/b13-11+. The molecule has 0 bridgehead atoms. The first-order chi connectivity index (χ1) is 15.0. The first-order valence-electron chi connectivity index (χ1n) is 9.45. The predicted octanol–water partition coefficient (Wildman–Crippen LogP) is 4.83. The van der Waals surface area contributed by atoms with Crippen LogP contribution in [0.5, 0.6) is 23.0 Å². The van der Waals surface area contributed by atoms with Gasteiger partial charge < -0.3 is 18.9 Å². The molecule has 0 aliphatic carbocycles. The number of benzene rings is 3. The summed E-state index contributed by atoms with van der Waals surface area (Å²) in [4.78, 5) is 25.1. The van der Waals surface area contributed by atoms with Crippen molar-refractivity contribution in [1.82, 2.24) is 0 Å². The van der Waals surface area contributed by atoms with Crippen LogP contribution in [0.25, 0.3) is 6.08 Å². The number of hydrogen-bond donors (Lipinski definition) is 0. The zero-order chi connectivity index (χ0) is 22.2. The second-order valence-corrected chi connectivity index (χ2v) is 6.43. The Labute approximate surface area is 180 Å². The van der Waals surface area contributed by atoms with Crippen LogP contribution in [-0.2, 0) is 0 Å². The zero-order valence-corrected chi connectivity index (χ0v) is 17.5. The number of carbonyl (C=O) groups excluding carboxylic acids is 2. The van der Waals surface area contributed by atoms with Crippen molar-refractivity contribution >= 4 is 17.8 Å². The number of methoxy groups -OCH3 is 3. The molecule has 0 spiro atoms. The summed E-state index contributed by atoms with van der Waals surface area (Å²) in [5.74, 6) is 1.02. The van der Waals surface area contributed by atoms with E-state index in [1.807, 2.05) is 0 Å². The van der Waals surface area contributed by atoms with E-state index in [1.165, 1.54) is 27.4 Å². The maximum atomic E-state index is 12.7. The predicted molar refractivity (Wildman–Crippen MR) is 117 cm³/mol. The second kappa shape index (κ2) is 10.1. The van der Waals surface area contributed by atoms with E-state index in [-0.39, 0.29) is 5.78 Å². The summed E-state index contributed by atoms with van der Waals surface area (Å²) in [5.41, 5.74) is 1.41. The van der Waals surface area contributed by atoms with E-state index in [0.29, 0.717) is 39.7 Å². The lowest BCUT2D eigenvalue weighted by atomic mass is 10.1. The van der Waals surface area contributed by atoms with Gasteiger partial charge in [-0.1, -0.05) is 30.3 Å². The molecule has 0 N–H and O–H groups in total. The molecule has 0 fully saturated rings. The van der Waals surface area contributed by atoms with Crippen LogP contribution >= 0.6 is 0 Å². The highest BCUT2D eigenvalue weighted by Gasteiger charge is 2.14. The minimum atomic E-state index is -0.532. The molecule has 0 amide bonds. The minimum Gasteiger partial charge on any atom is -0.497 e. The zero-order valence-electron chi connectivity index (χ0n) is 17.5. The van der Waals surface area contributed by atoms with Crippen LogP contribution in [0.3, 0.4) is 0 Å². The number of ketones is 1. The molecular weight excluding hydrogens is 396 g/mol. The summed E-state index contributed by atoms with van der Waals surface area (Å²) in [6.45, 7) is 0. The van der Waals surface area contributed by atoms with Crippen LogP contribution in [-0.4, -0.2) is 33.1 Å². The third-order valence-electron chi connectivity index (χ3n) is 4.49. The molecule has 0 aliphatic heterocycles. The van der Waals surface area contributed by atoms with Gasteiger partial charge in [-0.3, -0.25) is 4.79 Å². The summed E-state index contributed by atoms with van der Waals surface area (Å²) in [5, 5.41) is 0. The van der Waals surface area contributed by atoms with E-state index in [1.54, 1.807) is 72.8 Å². The van der Waals surface area contributed by atoms with Gasteiger partial charge in [0.15, 0.2) is 5.78 Å². The number of rotatable bonds is 8. The fraction of sp³-hybridized carbons (Fsp3) is 0.120. The van der Waals surface area contributed by atoms with E-state index in [0.717, 1.165) is 0 Å². The van der Waals surface area contributed by atoms with E-state index < -0.39 is 5.97 Å². The summed E-state index contributed by atoms with van der Waals surface area (Å²) in [6.07, 6.45) is 3.07. The Kier molecular flexibility index (Phi) is 7.06. The topological polar surface area (TPSA) is 71.1 Å². The van der Waals surface area contributed by atoms with Gasteiger partial charge in [-0.15, -0.1) is 0 Å². The fourth-order valence-electron chi connectivity index (χ4n) is 2.93. The SMILES string of the molecule is COc1ccc(OC)c(C(=O)/C=C/c2cccc(OC(=O)c3ccccc3OC)c2)c1. The first kappa shape index (κ1) is 21.6. The average Bonchev–Trinajstić information content (AvgIpc) is 2.82. The van der Waals surface area contributed by atoms with Crippen molar-refractivity contribution in [3.05, 3.63) is 89.5 Å². The molecule has 0 aliphatic rings. The molecule has 0 unspecified atom stereocenters. The number of carbonyl (C=O) groups is 2. The Hall–Kier alpha value is -4.06. The number of hydrogen-bond acceptors (Lipinski definition) is 6. The smallest absolute Gasteiger partial charge is 0.347 e. The highest BCUT2D eigenvalue weighted by molar-refractivity contribution is 6.09. The molecule has 0 atom stereocenters. The average molecular weight is 418 g/mol. The van der Waals surface area contributed by atoms with Gasteiger partial charge in [-0.05, 0) is 54.1 Å². The van der Waals surface area contributed by atoms with Crippen molar-refractivity contribution in [3.8, 4) is 23.0 Å². The molecule has 0 saturated carbocycles. The van der Waals surface area contributed by atoms with Gasteiger partial charge in [0.05, 0.1) is 26.9 Å². The first-order valence-corrected chi connectivity index (χ1v) is 9.45. The molecule has 0 radical (unpaired) electrons. The van der Waals surface area contributed by atoms with Crippen molar-refractivity contribution in [2.75, 3.05) is 21.3 Å². The number of esters is 1. The highest BCUT2D eigenvalue weighted by Crippen LogP contribution is 2.25. The largest absolute Gasteiger partial charge is 0.497 e. The lowest BCUT2D eigenvalue weighted by Gasteiger charge is -2.09. The van der Waals surface area contributed by atoms with Crippen molar-refractivity contribution < 1.29 is 28.5 Å². The van der Waals surface area contributed by atoms with E-state index in [9.17, 15) is 9.59 Å². The van der Waals surface area contributed by atoms with Crippen molar-refractivity contribution in [2.45, 2.75) is 0 Å². The fourth-order valence-corrected chi connectivity index (χ4v) is 2.93. The molecule has 6 nitrogen and oxygen atoms in total. The van der Waals surface area contributed by atoms with Crippen LogP contribution < -0.4 is 18.9 Å². The van der Waals surface area contributed by atoms with Crippen LogP contribution in [0.2, 0.25) is 0 Å². The number of ether oxygens (including phenoxy) is 4. The van der Waals surface area contributed by atoms with E-state index in [2.05, 4.69) is 0 Å². The number of para-hydroxylation sites is 1. The molecular formula is C25H22O6. The molecule has 3 aromatic carbocycles. The maximum absolute atomic E-state index is 12.7. The van der Waals surface area contributed by atoms with Gasteiger partial charge in [-0.2, -0.15) is 0 Å². The van der Waals surface area contributed by atoms with Crippen LogP contribution in [0.15, 0.2) is 72.8 Å². The Morgan fingerprint density at radius 1 is 0.710 bits per heavy atom. The Morgan fingerprint density at radius 2 is 1.45 bits per heavy atom. The number of allylic oxidation sites excluding steroid dienone is 1. The lowest BCUT2D eigenvalue weighted by molar-refractivity contribution is 0.0731. The van der Waals surface area contributed by atoms with Crippen molar-refractivity contribution in [3.63, 3.8) is 0 Å². The van der Waals surface area contributed by atoms with Crippen molar-refractivity contribution in [1.29, 1.82) is 0 Å². The van der Waals surface area contributed by atoms with Gasteiger partial charge in [0.25, 0.3) is 0 Å². The third kappa shape index (κ3) is 5.30. The van der Waals surface area contributed by atoms with Crippen LogP contribution in [0.4, 0.5) is 0 Å². The normalized spacial score (nSPS) is 10.5. The summed E-state index contributed by atoms with van der Waals surface area (Å²) in [6, 6.07) is 18.7. The van der Waals surface area contributed by atoms with E-state index >= 15 is 0 Å². The monoisotopic (exact) mass is 418 g/mol. The minimum absolute atomic E-state index is 0.243. The van der Waals surface area contributed by atoms with Gasteiger partial charge in [0.1, 0.15) is 28.6 Å². The Balaban J connectivity index is 1.77. The van der Waals surface area contributed by atoms with Crippen LogP contribution in [0.1, 0.15) is 26.3 Å². The van der Waals surface area contributed by atoms with Gasteiger partial charge in [0, 0.05) is 0 Å². The van der Waals surface area contributed by atoms with Crippen LogP contribution in [0, 0.1) is 0 Å².